The van der Waals surface area contributed by atoms with Gasteiger partial charge in [-0.05, 0) is 12.1 Å². The molecule has 0 aliphatic heterocycles. The van der Waals surface area contributed by atoms with Gasteiger partial charge >= 0.3 is 0 Å². The van der Waals surface area contributed by atoms with Crippen molar-refractivity contribution < 1.29 is 18.7 Å². The van der Waals surface area contributed by atoms with Gasteiger partial charge in [-0.2, -0.15) is 4.39 Å². The van der Waals surface area contributed by atoms with Crippen LogP contribution in [0.2, 0.25) is 0 Å². The molecule has 1 aromatic heterocycles. The standard InChI is InChI=1S/C10H12FN3O3/c11-8-2-1-7(5-14-8)10(16)13-3-4-17-6-9(12)15/h1-2,5H,3-4,6H2,(H2,12,15)(H,13,16). The number of carbonyl (C=O) groups is 2. The van der Waals surface area contributed by atoms with E-state index in [1.807, 2.05) is 0 Å². The number of rotatable bonds is 6. The SMILES string of the molecule is NC(=O)COCCNC(=O)c1ccc(F)nc1. The van der Waals surface area contributed by atoms with E-state index in [0.717, 1.165) is 12.3 Å². The molecule has 2 amide bonds. The first-order valence-corrected chi connectivity index (χ1v) is 4.85. The molecule has 0 radical (unpaired) electrons. The fourth-order valence-corrected chi connectivity index (χ4v) is 1.02. The number of nitrogens with zero attached hydrogens (tertiary/aromatic N) is 1. The number of amides is 2. The number of pyridine rings is 1. The third-order valence-corrected chi connectivity index (χ3v) is 1.77. The van der Waals surface area contributed by atoms with Crippen LogP contribution >= 0.6 is 0 Å². The quantitative estimate of drug-likeness (QED) is 0.516. The molecular formula is C10H12FN3O3. The van der Waals surface area contributed by atoms with E-state index in [2.05, 4.69) is 10.3 Å². The van der Waals surface area contributed by atoms with Crippen molar-refractivity contribution >= 4 is 11.8 Å². The van der Waals surface area contributed by atoms with Crippen LogP contribution in [0.15, 0.2) is 18.3 Å². The van der Waals surface area contributed by atoms with Gasteiger partial charge in [0.25, 0.3) is 5.91 Å². The highest BCUT2D eigenvalue weighted by Gasteiger charge is 2.05. The molecule has 17 heavy (non-hydrogen) atoms. The first-order chi connectivity index (χ1) is 8.09. The predicted molar refractivity (Wildman–Crippen MR) is 56.5 cm³/mol. The fraction of sp³-hybridized carbons (Fsp3) is 0.300. The van der Waals surface area contributed by atoms with Crippen molar-refractivity contribution in [3.05, 3.63) is 29.8 Å². The Morgan fingerprint density at radius 2 is 2.24 bits per heavy atom. The zero-order chi connectivity index (χ0) is 12.7. The maximum absolute atomic E-state index is 12.5. The first kappa shape index (κ1) is 13.0. The Morgan fingerprint density at radius 1 is 1.47 bits per heavy atom. The molecule has 0 aromatic carbocycles. The van der Waals surface area contributed by atoms with Gasteiger partial charge in [-0.1, -0.05) is 0 Å². The molecule has 7 heteroatoms. The minimum absolute atomic E-state index is 0.170. The summed E-state index contributed by atoms with van der Waals surface area (Å²) in [5.41, 5.74) is 5.10. The summed E-state index contributed by atoms with van der Waals surface area (Å²) in [7, 11) is 0. The van der Waals surface area contributed by atoms with Crippen LogP contribution in [0.5, 0.6) is 0 Å². The summed E-state index contributed by atoms with van der Waals surface area (Å²) in [6.45, 7) is 0.209. The molecule has 0 unspecified atom stereocenters. The Balaban J connectivity index is 2.25. The van der Waals surface area contributed by atoms with Gasteiger partial charge in [-0.25, -0.2) is 4.98 Å². The number of halogens is 1. The summed E-state index contributed by atoms with van der Waals surface area (Å²) in [5.74, 6) is -1.61. The number of aromatic nitrogens is 1. The molecule has 1 heterocycles. The Labute approximate surface area is 97.0 Å². The molecule has 0 saturated heterocycles. The van der Waals surface area contributed by atoms with Crippen molar-refractivity contribution in [1.29, 1.82) is 0 Å². The van der Waals surface area contributed by atoms with Crippen molar-refractivity contribution in [3.8, 4) is 0 Å². The molecule has 6 nitrogen and oxygen atoms in total. The minimum atomic E-state index is -0.647. The van der Waals surface area contributed by atoms with E-state index in [-0.39, 0.29) is 31.2 Å². The zero-order valence-electron chi connectivity index (χ0n) is 8.98. The van der Waals surface area contributed by atoms with Gasteiger partial charge in [-0.15, -0.1) is 0 Å². The highest BCUT2D eigenvalue weighted by molar-refractivity contribution is 5.93. The van der Waals surface area contributed by atoms with E-state index >= 15 is 0 Å². The van der Waals surface area contributed by atoms with Crippen LogP contribution in [0.3, 0.4) is 0 Å². The monoisotopic (exact) mass is 241 g/mol. The zero-order valence-corrected chi connectivity index (χ0v) is 8.98. The fourth-order valence-electron chi connectivity index (χ4n) is 1.02. The lowest BCUT2D eigenvalue weighted by molar-refractivity contribution is -0.122. The smallest absolute Gasteiger partial charge is 0.252 e. The molecule has 0 bridgehead atoms. The molecule has 1 rings (SSSR count). The van der Waals surface area contributed by atoms with E-state index < -0.39 is 11.9 Å². The van der Waals surface area contributed by atoms with Crippen LogP contribution in [0.1, 0.15) is 10.4 Å². The molecule has 0 saturated carbocycles. The van der Waals surface area contributed by atoms with Gasteiger partial charge in [0.2, 0.25) is 11.9 Å². The predicted octanol–water partition coefficient (Wildman–Crippen LogP) is -0.548. The molecule has 0 aliphatic carbocycles. The number of hydrogen-bond donors (Lipinski definition) is 2. The number of ether oxygens (including phenoxy) is 1. The van der Waals surface area contributed by atoms with Crippen LogP contribution in [-0.2, 0) is 9.53 Å². The Bertz CT molecular complexity index is 394. The maximum Gasteiger partial charge on any atom is 0.252 e. The van der Waals surface area contributed by atoms with Crippen LogP contribution < -0.4 is 11.1 Å². The van der Waals surface area contributed by atoms with Gasteiger partial charge in [0, 0.05) is 12.7 Å². The number of primary amides is 1. The third kappa shape index (κ3) is 5.03. The molecule has 3 N–H and O–H groups in total. The van der Waals surface area contributed by atoms with E-state index in [4.69, 9.17) is 10.5 Å². The third-order valence-electron chi connectivity index (χ3n) is 1.77. The van der Waals surface area contributed by atoms with E-state index in [9.17, 15) is 14.0 Å². The van der Waals surface area contributed by atoms with Crippen molar-refractivity contribution in [1.82, 2.24) is 10.3 Å². The lowest BCUT2D eigenvalue weighted by Crippen LogP contribution is -2.28. The van der Waals surface area contributed by atoms with Crippen LogP contribution in [0, 0.1) is 5.95 Å². The summed E-state index contributed by atoms with van der Waals surface area (Å²) >= 11 is 0. The summed E-state index contributed by atoms with van der Waals surface area (Å²) in [6.07, 6.45) is 1.13. The summed E-state index contributed by atoms with van der Waals surface area (Å²) < 4.78 is 17.3. The summed E-state index contributed by atoms with van der Waals surface area (Å²) in [6, 6.07) is 2.42. The van der Waals surface area contributed by atoms with Crippen LogP contribution in [0.4, 0.5) is 4.39 Å². The van der Waals surface area contributed by atoms with E-state index in [1.54, 1.807) is 0 Å². The molecule has 0 fully saturated rings. The molecule has 0 atom stereocenters. The first-order valence-electron chi connectivity index (χ1n) is 4.85. The average Bonchev–Trinajstić information content (AvgIpc) is 2.29. The lowest BCUT2D eigenvalue weighted by Gasteiger charge is -2.04. The normalized spacial score (nSPS) is 9.94. The van der Waals surface area contributed by atoms with E-state index in [0.29, 0.717) is 0 Å². The maximum atomic E-state index is 12.5. The second-order valence-electron chi connectivity index (χ2n) is 3.14. The molecular weight excluding hydrogens is 229 g/mol. The second kappa shape index (κ2) is 6.54. The van der Waals surface area contributed by atoms with Gasteiger partial charge in [-0.3, -0.25) is 9.59 Å². The number of nitrogens with two attached hydrogens (primary N) is 1. The Kier molecular flexibility index (Phi) is 5.02. The minimum Gasteiger partial charge on any atom is -0.370 e. The molecule has 0 spiro atoms. The second-order valence-corrected chi connectivity index (χ2v) is 3.14. The van der Waals surface area contributed by atoms with Crippen molar-refractivity contribution in [2.24, 2.45) is 5.73 Å². The average molecular weight is 241 g/mol. The lowest BCUT2D eigenvalue weighted by atomic mass is 10.3. The highest BCUT2D eigenvalue weighted by atomic mass is 19.1. The van der Waals surface area contributed by atoms with Gasteiger partial charge in [0.15, 0.2) is 0 Å². The summed E-state index contributed by atoms with van der Waals surface area (Å²) in [5, 5.41) is 2.51. The number of carbonyl (C=O) groups excluding carboxylic acids is 2. The van der Waals surface area contributed by atoms with Crippen LogP contribution in [0.25, 0.3) is 0 Å². The van der Waals surface area contributed by atoms with Gasteiger partial charge < -0.3 is 15.8 Å². The van der Waals surface area contributed by atoms with Crippen molar-refractivity contribution in [2.75, 3.05) is 19.8 Å². The number of nitrogens with one attached hydrogen (secondary N) is 1. The van der Waals surface area contributed by atoms with Crippen LogP contribution in [-0.4, -0.2) is 36.6 Å². The summed E-state index contributed by atoms with van der Waals surface area (Å²) in [4.78, 5) is 25.1. The van der Waals surface area contributed by atoms with Crippen molar-refractivity contribution in [2.45, 2.75) is 0 Å². The molecule has 92 valence electrons. The Morgan fingerprint density at radius 3 is 2.82 bits per heavy atom. The van der Waals surface area contributed by atoms with E-state index in [1.165, 1.54) is 6.07 Å². The molecule has 0 aliphatic rings. The van der Waals surface area contributed by atoms with Gasteiger partial charge in [0.05, 0.1) is 12.2 Å². The number of hydrogen-bond acceptors (Lipinski definition) is 4. The largest absolute Gasteiger partial charge is 0.370 e. The van der Waals surface area contributed by atoms with Gasteiger partial charge in [0.1, 0.15) is 6.61 Å². The van der Waals surface area contributed by atoms with Crippen molar-refractivity contribution in [3.63, 3.8) is 0 Å². The Hall–Kier alpha value is -2.02. The topological polar surface area (TPSA) is 94.3 Å². The highest BCUT2D eigenvalue weighted by Crippen LogP contribution is 1.98. The molecule has 1 aromatic rings.